The highest BCUT2D eigenvalue weighted by Crippen LogP contribution is 2.26. The molecule has 5 heteroatoms. The number of hydrogen-bond acceptors (Lipinski definition) is 4. The van der Waals surface area contributed by atoms with Gasteiger partial charge in [-0.1, -0.05) is 6.07 Å². The van der Waals surface area contributed by atoms with E-state index in [4.69, 9.17) is 0 Å². The number of nitrogens with one attached hydrogen (secondary N) is 1. The van der Waals surface area contributed by atoms with Gasteiger partial charge in [0, 0.05) is 23.5 Å². The molecule has 0 saturated carbocycles. The molecule has 1 aromatic carbocycles. The molecule has 0 aliphatic heterocycles. The Labute approximate surface area is 111 Å². The summed E-state index contributed by atoms with van der Waals surface area (Å²) in [6.07, 6.45) is 1.74. The first-order valence-corrected chi connectivity index (χ1v) is 5.97. The number of rotatable bonds is 4. The highest BCUT2D eigenvalue weighted by atomic mass is 16.6. The highest BCUT2D eigenvalue weighted by molar-refractivity contribution is 5.59. The number of benzene rings is 1. The van der Waals surface area contributed by atoms with E-state index in [9.17, 15) is 10.1 Å². The van der Waals surface area contributed by atoms with Crippen molar-refractivity contribution in [2.45, 2.75) is 20.4 Å². The fraction of sp³-hybridized carbons (Fsp3) is 0.214. The molecule has 0 atom stereocenters. The molecular weight excluding hydrogens is 242 g/mol. The third-order valence-corrected chi connectivity index (χ3v) is 2.93. The second-order valence-corrected chi connectivity index (χ2v) is 4.39. The van der Waals surface area contributed by atoms with E-state index in [0.29, 0.717) is 12.1 Å². The van der Waals surface area contributed by atoms with Gasteiger partial charge in [-0.05, 0) is 37.6 Å². The quantitative estimate of drug-likeness (QED) is 0.674. The van der Waals surface area contributed by atoms with E-state index in [1.165, 1.54) is 0 Å². The number of pyridine rings is 1. The fourth-order valence-electron chi connectivity index (χ4n) is 1.88. The van der Waals surface area contributed by atoms with Crippen LogP contribution in [0, 0.1) is 24.0 Å². The van der Waals surface area contributed by atoms with E-state index >= 15 is 0 Å². The summed E-state index contributed by atoms with van der Waals surface area (Å²) < 4.78 is 0. The Hall–Kier alpha value is -2.43. The minimum absolute atomic E-state index is 0.154. The molecule has 19 heavy (non-hydrogen) atoms. The topological polar surface area (TPSA) is 68.1 Å². The standard InChI is InChI=1S/C14H15N3O2/c1-10-8-14(17(18)19)11(2)7-13(10)16-9-12-5-3-4-6-15-12/h3-8,16H,9H2,1-2H3. The zero-order chi connectivity index (χ0) is 13.8. The minimum Gasteiger partial charge on any atom is -0.379 e. The van der Waals surface area contributed by atoms with Gasteiger partial charge < -0.3 is 5.32 Å². The lowest BCUT2D eigenvalue weighted by Gasteiger charge is -2.10. The molecule has 1 N–H and O–H groups in total. The van der Waals surface area contributed by atoms with Gasteiger partial charge in [-0.15, -0.1) is 0 Å². The zero-order valence-electron chi connectivity index (χ0n) is 10.9. The molecule has 0 radical (unpaired) electrons. The van der Waals surface area contributed by atoms with E-state index in [1.807, 2.05) is 25.1 Å². The molecule has 0 bridgehead atoms. The summed E-state index contributed by atoms with van der Waals surface area (Å²) in [5.74, 6) is 0. The number of nitro groups is 1. The van der Waals surface area contributed by atoms with E-state index in [1.54, 1.807) is 25.3 Å². The summed E-state index contributed by atoms with van der Waals surface area (Å²) in [5, 5.41) is 14.1. The maximum absolute atomic E-state index is 10.8. The molecule has 1 aromatic heterocycles. The van der Waals surface area contributed by atoms with Gasteiger partial charge in [0.2, 0.25) is 0 Å². The molecular formula is C14H15N3O2. The van der Waals surface area contributed by atoms with E-state index < -0.39 is 0 Å². The molecule has 0 amide bonds. The predicted octanol–water partition coefficient (Wildman–Crippen LogP) is 3.22. The van der Waals surface area contributed by atoms with Crippen LogP contribution in [0.5, 0.6) is 0 Å². The summed E-state index contributed by atoms with van der Waals surface area (Å²) >= 11 is 0. The van der Waals surface area contributed by atoms with Crippen molar-refractivity contribution >= 4 is 11.4 Å². The third kappa shape index (κ3) is 3.07. The fourth-order valence-corrected chi connectivity index (χ4v) is 1.88. The Balaban J connectivity index is 2.17. The van der Waals surface area contributed by atoms with Crippen LogP contribution >= 0.6 is 0 Å². The highest BCUT2D eigenvalue weighted by Gasteiger charge is 2.13. The summed E-state index contributed by atoms with van der Waals surface area (Å²) in [6.45, 7) is 4.19. The number of nitro benzene ring substituents is 1. The van der Waals surface area contributed by atoms with Gasteiger partial charge >= 0.3 is 0 Å². The Bertz CT molecular complexity index is 597. The van der Waals surface area contributed by atoms with Crippen molar-refractivity contribution in [2.24, 2.45) is 0 Å². The maximum atomic E-state index is 10.8. The lowest BCUT2D eigenvalue weighted by atomic mass is 10.1. The molecule has 0 aliphatic rings. The van der Waals surface area contributed by atoms with Gasteiger partial charge in [0.15, 0.2) is 0 Å². The molecule has 0 spiro atoms. The Morgan fingerprint density at radius 3 is 2.68 bits per heavy atom. The smallest absolute Gasteiger partial charge is 0.272 e. The van der Waals surface area contributed by atoms with Crippen LogP contribution in [-0.2, 0) is 6.54 Å². The molecule has 1 heterocycles. The van der Waals surface area contributed by atoms with Gasteiger partial charge in [0.05, 0.1) is 17.2 Å². The zero-order valence-corrected chi connectivity index (χ0v) is 10.9. The molecule has 0 saturated heterocycles. The van der Waals surface area contributed by atoms with Crippen molar-refractivity contribution in [3.8, 4) is 0 Å². The normalized spacial score (nSPS) is 10.2. The molecule has 0 aliphatic carbocycles. The average Bonchev–Trinajstić information content (AvgIpc) is 2.40. The molecule has 0 unspecified atom stereocenters. The first-order chi connectivity index (χ1) is 9.08. The van der Waals surface area contributed by atoms with Gasteiger partial charge in [-0.3, -0.25) is 15.1 Å². The van der Waals surface area contributed by atoms with Crippen LogP contribution in [0.15, 0.2) is 36.5 Å². The predicted molar refractivity (Wildman–Crippen MR) is 74.1 cm³/mol. The van der Waals surface area contributed by atoms with Gasteiger partial charge in [-0.25, -0.2) is 0 Å². The average molecular weight is 257 g/mol. The van der Waals surface area contributed by atoms with Crippen LogP contribution in [0.4, 0.5) is 11.4 Å². The number of hydrogen-bond donors (Lipinski definition) is 1. The summed E-state index contributed by atoms with van der Waals surface area (Å²) in [6, 6.07) is 9.12. The van der Waals surface area contributed by atoms with E-state index in [0.717, 1.165) is 16.9 Å². The van der Waals surface area contributed by atoms with Crippen molar-refractivity contribution in [1.82, 2.24) is 4.98 Å². The van der Waals surface area contributed by atoms with Crippen LogP contribution < -0.4 is 5.32 Å². The molecule has 98 valence electrons. The second-order valence-electron chi connectivity index (χ2n) is 4.39. The van der Waals surface area contributed by atoms with Crippen molar-refractivity contribution in [1.29, 1.82) is 0 Å². The van der Waals surface area contributed by atoms with E-state index in [2.05, 4.69) is 10.3 Å². The Morgan fingerprint density at radius 1 is 1.26 bits per heavy atom. The number of nitrogens with zero attached hydrogens (tertiary/aromatic N) is 2. The van der Waals surface area contributed by atoms with E-state index in [-0.39, 0.29) is 10.6 Å². The summed E-state index contributed by atoms with van der Waals surface area (Å²) in [7, 11) is 0. The van der Waals surface area contributed by atoms with Gasteiger partial charge in [0.25, 0.3) is 5.69 Å². The van der Waals surface area contributed by atoms with Crippen LogP contribution in [0.3, 0.4) is 0 Å². The third-order valence-electron chi connectivity index (χ3n) is 2.93. The second kappa shape index (κ2) is 5.48. The van der Waals surface area contributed by atoms with Crippen molar-refractivity contribution in [2.75, 3.05) is 5.32 Å². The minimum atomic E-state index is -0.356. The molecule has 0 fully saturated rings. The van der Waals surface area contributed by atoms with Crippen LogP contribution in [-0.4, -0.2) is 9.91 Å². The van der Waals surface area contributed by atoms with Crippen molar-refractivity contribution < 1.29 is 4.92 Å². The Morgan fingerprint density at radius 2 is 2.05 bits per heavy atom. The van der Waals surface area contributed by atoms with Crippen LogP contribution in [0.1, 0.15) is 16.8 Å². The maximum Gasteiger partial charge on any atom is 0.272 e. The lowest BCUT2D eigenvalue weighted by molar-refractivity contribution is -0.385. The Kier molecular flexibility index (Phi) is 3.75. The molecule has 5 nitrogen and oxygen atoms in total. The number of aryl methyl sites for hydroxylation is 2. The molecule has 2 rings (SSSR count). The number of anilines is 1. The first kappa shape index (κ1) is 13.0. The molecule has 2 aromatic rings. The van der Waals surface area contributed by atoms with Crippen molar-refractivity contribution in [3.05, 3.63) is 63.5 Å². The van der Waals surface area contributed by atoms with Gasteiger partial charge in [0.1, 0.15) is 0 Å². The van der Waals surface area contributed by atoms with Crippen LogP contribution in [0.25, 0.3) is 0 Å². The largest absolute Gasteiger partial charge is 0.379 e. The number of aromatic nitrogens is 1. The van der Waals surface area contributed by atoms with Crippen molar-refractivity contribution in [3.63, 3.8) is 0 Å². The summed E-state index contributed by atoms with van der Waals surface area (Å²) in [4.78, 5) is 14.7. The monoisotopic (exact) mass is 257 g/mol. The lowest BCUT2D eigenvalue weighted by Crippen LogP contribution is -2.04. The SMILES string of the molecule is Cc1cc([N+](=O)[O-])c(C)cc1NCc1ccccn1. The summed E-state index contributed by atoms with van der Waals surface area (Å²) in [5.41, 5.74) is 3.49. The van der Waals surface area contributed by atoms with Crippen LogP contribution in [0.2, 0.25) is 0 Å². The van der Waals surface area contributed by atoms with Gasteiger partial charge in [-0.2, -0.15) is 0 Å². The first-order valence-electron chi connectivity index (χ1n) is 5.97.